The zero-order chi connectivity index (χ0) is 12.8. The molecule has 1 aromatic rings. The van der Waals surface area contributed by atoms with Gasteiger partial charge in [-0.25, -0.2) is 9.48 Å². The molecule has 1 aromatic heterocycles. The van der Waals surface area contributed by atoms with Crippen molar-refractivity contribution in [3.8, 4) is 0 Å². The van der Waals surface area contributed by atoms with Gasteiger partial charge in [-0.2, -0.15) is 0 Å². The predicted octanol–water partition coefficient (Wildman–Crippen LogP) is 2.06. The summed E-state index contributed by atoms with van der Waals surface area (Å²) < 4.78 is 6.52. The molecule has 1 heterocycles. The highest BCUT2D eigenvalue weighted by Gasteiger charge is 2.19. The average molecular weight is 239 g/mol. The molecule has 1 atom stereocenters. The number of rotatable bonds is 6. The van der Waals surface area contributed by atoms with E-state index in [0.717, 1.165) is 31.5 Å². The van der Waals surface area contributed by atoms with Gasteiger partial charge in [-0.3, -0.25) is 0 Å². The fourth-order valence-corrected chi connectivity index (χ4v) is 1.96. The van der Waals surface area contributed by atoms with Crippen molar-refractivity contribution in [2.75, 3.05) is 7.11 Å². The van der Waals surface area contributed by atoms with Crippen molar-refractivity contribution in [2.45, 2.75) is 46.6 Å². The molecule has 5 nitrogen and oxygen atoms in total. The highest BCUT2D eigenvalue weighted by atomic mass is 16.5. The van der Waals surface area contributed by atoms with E-state index in [1.54, 1.807) is 0 Å². The van der Waals surface area contributed by atoms with Crippen LogP contribution >= 0.6 is 0 Å². The maximum atomic E-state index is 11.5. The molecule has 96 valence electrons. The van der Waals surface area contributed by atoms with Crippen LogP contribution in [-0.2, 0) is 17.7 Å². The summed E-state index contributed by atoms with van der Waals surface area (Å²) in [5.41, 5.74) is 1.21. The van der Waals surface area contributed by atoms with Crippen molar-refractivity contribution in [2.24, 2.45) is 5.92 Å². The van der Waals surface area contributed by atoms with Crippen molar-refractivity contribution >= 4 is 5.97 Å². The van der Waals surface area contributed by atoms with E-state index in [4.69, 9.17) is 0 Å². The second kappa shape index (κ2) is 6.37. The molecule has 0 amide bonds. The number of carbonyl (C=O) groups excluding carboxylic acids is 1. The Morgan fingerprint density at radius 2 is 2.18 bits per heavy atom. The molecule has 0 radical (unpaired) electrons. The fourth-order valence-electron chi connectivity index (χ4n) is 1.96. The summed E-state index contributed by atoms with van der Waals surface area (Å²) in [5, 5.41) is 7.95. The molecule has 0 saturated heterocycles. The van der Waals surface area contributed by atoms with Gasteiger partial charge in [0.2, 0.25) is 0 Å². The highest BCUT2D eigenvalue weighted by Crippen LogP contribution is 2.13. The average Bonchev–Trinajstić information content (AvgIpc) is 2.71. The highest BCUT2D eigenvalue weighted by molar-refractivity contribution is 5.88. The minimum atomic E-state index is -0.406. The van der Waals surface area contributed by atoms with E-state index in [0.29, 0.717) is 11.6 Å². The Kier molecular flexibility index (Phi) is 5.12. The summed E-state index contributed by atoms with van der Waals surface area (Å²) in [4.78, 5) is 11.5. The van der Waals surface area contributed by atoms with Crippen LogP contribution in [0.4, 0.5) is 0 Å². The molecule has 0 spiro atoms. The molecule has 0 aromatic carbocycles. The van der Waals surface area contributed by atoms with Gasteiger partial charge in [-0.05, 0) is 18.8 Å². The third-order valence-corrected chi connectivity index (χ3v) is 2.82. The van der Waals surface area contributed by atoms with E-state index >= 15 is 0 Å². The minimum absolute atomic E-state index is 0.346. The van der Waals surface area contributed by atoms with Gasteiger partial charge in [0.15, 0.2) is 5.69 Å². The van der Waals surface area contributed by atoms with Crippen molar-refractivity contribution in [1.29, 1.82) is 0 Å². The van der Waals surface area contributed by atoms with Crippen LogP contribution in [0.1, 0.15) is 49.8 Å². The van der Waals surface area contributed by atoms with Crippen LogP contribution in [0.3, 0.4) is 0 Å². The summed E-state index contributed by atoms with van der Waals surface area (Å²) in [6.45, 7) is 7.15. The predicted molar refractivity (Wildman–Crippen MR) is 64.8 cm³/mol. The fraction of sp³-hybridized carbons (Fsp3) is 0.750. The van der Waals surface area contributed by atoms with Crippen molar-refractivity contribution in [1.82, 2.24) is 15.0 Å². The number of esters is 1. The first-order valence-electron chi connectivity index (χ1n) is 6.14. The van der Waals surface area contributed by atoms with Crippen molar-refractivity contribution in [3.63, 3.8) is 0 Å². The molecule has 0 aliphatic heterocycles. The van der Waals surface area contributed by atoms with Gasteiger partial charge < -0.3 is 4.74 Å². The molecule has 0 N–H and O–H groups in total. The van der Waals surface area contributed by atoms with E-state index in [1.807, 2.05) is 11.6 Å². The lowest BCUT2D eigenvalue weighted by Crippen LogP contribution is -2.13. The number of carbonyl (C=O) groups is 1. The molecular weight excluding hydrogens is 218 g/mol. The summed E-state index contributed by atoms with van der Waals surface area (Å²) >= 11 is 0. The van der Waals surface area contributed by atoms with Crippen LogP contribution in [0.5, 0.6) is 0 Å². The van der Waals surface area contributed by atoms with Gasteiger partial charge in [0.05, 0.1) is 12.8 Å². The quantitative estimate of drug-likeness (QED) is 0.713. The van der Waals surface area contributed by atoms with Gasteiger partial charge >= 0.3 is 5.97 Å². The van der Waals surface area contributed by atoms with Crippen molar-refractivity contribution < 1.29 is 9.53 Å². The summed E-state index contributed by atoms with van der Waals surface area (Å²) in [6.07, 6.45) is 3.04. The zero-order valence-corrected chi connectivity index (χ0v) is 11.1. The Morgan fingerprint density at radius 1 is 1.47 bits per heavy atom. The summed E-state index contributed by atoms with van der Waals surface area (Å²) in [5.74, 6) is 0.133. The molecule has 0 fully saturated rings. The standard InChI is InChI=1S/C12H21N3O2/c1-5-7-9(3)8-15-10(6-2)11(13-14-15)12(16)17-4/h9H,5-8H2,1-4H3. The maximum absolute atomic E-state index is 11.5. The second-order valence-electron chi connectivity index (χ2n) is 4.31. The van der Waals surface area contributed by atoms with Gasteiger partial charge in [0.25, 0.3) is 0 Å². The number of aromatic nitrogens is 3. The van der Waals surface area contributed by atoms with Gasteiger partial charge in [0.1, 0.15) is 0 Å². The first-order chi connectivity index (χ1) is 8.13. The molecule has 0 bridgehead atoms. The van der Waals surface area contributed by atoms with Crippen LogP contribution in [0.15, 0.2) is 0 Å². The molecule has 0 saturated carbocycles. The second-order valence-corrected chi connectivity index (χ2v) is 4.31. The number of ether oxygens (including phenoxy) is 1. The smallest absolute Gasteiger partial charge is 0.360 e. The van der Waals surface area contributed by atoms with E-state index in [2.05, 4.69) is 28.9 Å². The summed E-state index contributed by atoms with van der Waals surface area (Å²) in [7, 11) is 1.36. The number of nitrogens with zero attached hydrogens (tertiary/aromatic N) is 3. The van der Waals surface area contributed by atoms with E-state index < -0.39 is 5.97 Å². The topological polar surface area (TPSA) is 57.0 Å². The van der Waals surface area contributed by atoms with Crippen LogP contribution < -0.4 is 0 Å². The molecular formula is C12H21N3O2. The molecule has 1 rings (SSSR count). The Hall–Kier alpha value is -1.39. The molecule has 0 aliphatic carbocycles. The first kappa shape index (κ1) is 13.7. The van der Waals surface area contributed by atoms with Crippen LogP contribution in [0.25, 0.3) is 0 Å². The van der Waals surface area contributed by atoms with E-state index in [9.17, 15) is 4.79 Å². The number of methoxy groups -OCH3 is 1. The van der Waals surface area contributed by atoms with Crippen LogP contribution in [0, 0.1) is 5.92 Å². The maximum Gasteiger partial charge on any atom is 0.360 e. The van der Waals surface area contributed by atoms with E-state index in [1.165, 1.54) is 7.11 Å². The SMILES string of the molecule is CCCC(C)Cn1nnc(C(=O)OC)c1CC. The zero-order valence-electron chi connectivity index (χ0n) is 11.1. The Balaban J connectivity index is 2.86. The molecule has 5 heteroatoms. The van der Waals surface area contributed by atoms with Crippen molar-refractivity contribution in [3.05, 3.63) is 11.4 Å². The first-order valence-corrected chi connectivity index (χ1v) is 6.14. The Bertz CT molecular complexity index is 374. The van der Waals surface area contributed by atoms with Crippen LogP contribution in [0.2, 0.25) is 0 Å². The largest absolute Gasteiger partial charge is 0.464 e. The lowest BCUT2D eigenvalue weighted by Gasteiger charge is -2.11. The number of hydrogen-bond acceptors (Lipinski definition) is 4. The van der Waals surface area contributed by atoms with Gasteiger partial charge in [-0.15, -0.1) is 5.10 Å². The number of hydrogen-bond donors (Lipinski definition) is 0. The minimum Gasteiger partial charge on any atom is -0.464 e. The van der Waals surface area contributed by atoms with E-state index in [-0.39, 0.29) is 0 Å². The lowest BCUT2D eigenvalue weighted by molar-refractivity contribution is 0.0592. The molecule has 1 unspecified atom stereocenters. The van der Waals surface area contributed by atoms with Gasteiger partial charge in [0, 0.05) is 6.54 Å². The molecule has 0 aliphatic rings. The third kappa shape index (κ3) is 3.28. The monoisotopic (exact) mass is 239 g/mol. The Labute approximate surface area is 102 Å². The Morgan fingerprint density at radius 3 is 2.71 bits per heavy atom. The summed E-state index contributed by atoms with van der Waals surface area (Å²) in [6, 6.07) is 0. The third-order valence-electron chi connectivity index (χ3n) is 2.82. The lowest BCUT2D eigenvalue weighted by atomic mass is 10.1. The normalized spacial score (nSPS) is 12.5. The molecule has 17 heavy (non-hydrogen) atoms. The van der Waals surface area contributed by atoms with Gasteiger partial charge in [-0.1, -0.05) is 32.4 Å². The van der Waals surface area contributed by atoms with Crippen LogP contribution in [-0.4, -0.2) is 28.1 Å².